The number of aryl methyl sites for hydroxylation is 1. The Morgan fingerprint density at radius 1 is 1.24 bits per heavy atom. The first-order chi connectivity index (χ1) is 14.0. The number of benzene rings is 2. The Balaban J connectivity index is 1.66. The number of halogens is 1. The lowest BCUT2D eigenvalue weighted by Crippen LogP contribution is -2.32. The molecule has 1 aliphatic rings. The second kappa shape index (κ2) is 9.39. The number of nitrogens with zero attached hydrogens (tertiary/aromatic N) is 1. The number of rotatable bonds is 6. The first-order valence-electron chi connectivity index (χ1n) is 9.11. The molecule has 5 nitrogen and oxygen atoms in total. The van der Waals surface area contributed by atoms with Crippen molar-refractivity contribution in [3.8, 4) is 6.07 Å². The Labute approximate surface area is 173 Å². The average Bonchev–Trinajstić information content (AvgIpc) is 2.72. The van der Waals surface area contributed by atoms with Crippen molar-refractivity contribution in [1.82, 2.24) is 10.6 Å². The van der Waals surface area contributed by atoms with Gasteiger partial charge in [-0.2, -0.15) is 5.26 Å². The van der Waals surface area contributed by atoms with Crippen molar-refractivity contribution in [2.24, 2.45) is 0 Å². The molecule has 0 bridgehead atoms. The molecule has 0 saturated carbocycles. The van der Waals surface area contributed by atoms with Gasteiger partial charge >= 0.3 is 0 Å². The molecule has 1 heterocycles. The molecule has 1 atom stereocenters. The normalized spacial score (nSPS) is 16.2. The van der Waals surface area contributed by atoms with Gasteiger partial charge in [-0.25, -0.2) is 4.39 Å². The van der Waals surface area contributed by atoms with Crippen molar-refractivity contribution in [2.45, 2.75) is 25.8 Å². The van der Waals surface area contributed by atoms with E-state index in [4.69, 9.17) is 0 Å². The Morgan fingerprint density at radius 2 is 1.93 bits per heavy atom. The third kappa shape index (κ3) is 5.46. The van der Waals surface area contributed by atoms with Gasteiger partial charge in [0.05, 0.1) is 22.4 Å². The van der Waals surface area contributed by atoms with E-state index >= 15 is 0 Å². The molecule has 7 heteroatoms. The maximum absolute atomic E-state index is 13.2. The summed E-state index contributed by atoms with van der Waals surface area (Å²) >= 11 is 1.12. The van der Waals surface area contributed by atoms with Gasteiger partial charge in [0.2, 0.25) is 11.8 Å². The lowest BCUT2D eigenvalue weighted by Gasteiger charge is -2.25. The van der Waals surface area contributed by atoms with E-state index in [1.807, 2.05) is 31.2 Å². The van der Waals surface area contributed by atoms with Crippen molar-refractivity contribution >= 4 is 23.6 Å². The quantitative estimate of drug-likeness (QED) is 0.765. The van der Waals surface area contributed by atoms with Crippen LogP contribution in [0.2, 0.25) is 0 Å². The van der Waals surface area contributed by atoms with E-state index in [0.29, 0.717) is 22.7 Å². The minimum Gasteiger partial charge on any atom is -0.351 e. The number of carbonyl (C=O) groups is 2. The van der Waals surface area contributed by atoms with Crippen LogP contribution in [-0.4, -0.2) is 17.6 Å². The summed E-state index contributed by atoms with van der Waals surface area (Å²) in [6, 6.07) is 15.8. The average molecular weight is 409 g/mol. The summed E-state index contributed by atoms with van der Waals surface area (Å²) in [7, 11) is 0. The summed E-state index contributed by atoms with van der Waals surface area (Å²) in [5, 5.41) is 15.5. The number of nitriles is 1. The monoisotopic (exact) mass is 409 g/mol. The highest BCUT2D eigenvalue weighted by molar-refractivity contribution is 8.03. The third-order valence-electron chi connectivity index (χ3n) is 4.59. The van der Waals surface area contributed by atoms with Gasteiger partial charge in [-0.3, -0.25) is 9.59 Å². The van der Waals surface area contributed by atoms with Crippen LogP contribution in [0.4, 0.5) is 4.39 Å². The molecule has 1 aliphatic heterocycles. The summed E-state index contributed by atoms with van der Waals surface area (Å²) in [6.45, 7) is 2.41. The summed E-state index contributed by atoms with van der Waals surface area (Å²) < 4.78 is 13.2. The van der Waals surface area contributed by atoms with Crippen molar-refractivity contribution in [2.75, 3.05) is 5.75 Å². The number of hydrogen-bond donors (Lipinski definition) is 2. The molecule has 0 spiro atoms. The Morgan fingerprint density at radius 3 is 2.59 bits per heavy atom. The van der Waals surface area contributed by atoms with Crippen LogP contribution < -0.4 is 10.6 Å². The molecule has 148 valence electrons. The zero-order valence-electron chi connectivity index (χ0n) is 15.9. The molecule has 0 radical (unpaired) electrons. The van der Waals surface area contributed by atoms with Crippen molar-refractivity contribution in [1.29, 1.82) is 5.26 Å². The van der Waals surface area contributed by atoms with Crippen LogP contribution in [0.5, 0.6) is 0 Å². The van der Waals surface area contributed by atoms with Crippen LogP contribution in [0.15, 0.2) is 59.1 Å². The minimum atomic E-state index is -0.451. The second-order valence-electron chi connectivity index (χ2n) is 6.76. The Bertz CT molecular complexity index is 979. The van der Waals surface area contributed by atoms with Crippen molar-refractivity contribution in [3.63, 3.8) is 0 Å². The van der Waals surface area contributed by atoms with Crippen LogP contribution >= 0.6 is 11.8 Å². The van der Waals surface area contributed by atoms with Gasteiger partial charge in [0.15, 0.2) is 0 Å². The summed E-state index contributed by atoms with van der Waals surface area (Å²) in [5.74, 6) is -1.19. The highest BCUT2D eigenvalue weighted by Crippen LogP contribution is 2.35. The van der Waals surface area contributed by atoms with Gasteiger partial charge in [-0.15, -0.1) is 0 Å². The number of thioether (sulfide) groups is 1. The lowest BCUT2D eigenvalue weighted by molar-refractivity contribution is -0.121. The highest BCUT2D eigenvalue weighted by Gasteiger charge is 2.29. The summed E-state index contributed by atoms with van der Waals surface area (Å²) in [6.07, 6.45) is 0.109. The first kappa shape index (κ1) is 20.6. The van der Waals surface area contributed by atoms with Gasteiger partial charge in [0.25, 0.3) is 0 Å². The van der Waals surface area contributed by atoms with Crippen molar-refractivity contribution < 1.29 is 14.0 Å². The van der Waals surface area contributed by atoms with E-state index in [1.54, 1.807) is 12.1 Å². The molecule has 2 aromatic carbocycles. The van der Waals surface area contributed by atoms with Crippen LogP contribution in [0.25, 0.3) is 0 Å². The van der Waals surface area contributed by atoms with E-state index < -0.39 is 5.92 Å². The predicted octanol–water partition coefficient (Wildman–Crippen LogP) is 3.52. The van der Waals surface area contributed by atoms with Gasteiger partial charge in [-0.1, -0.05) is 53.7 Å². The van der Waals surface area contributed by atoms with Crippen LogP contribution in [0.1, 0.15) is 29.0 Å². The SMILES string of the molecule is Cc1ccc(CNC(=O)CSC2=C(C#N)[C@H](c3ccc(F)cc3)CC(=O)N2)cc1. The molecule has 2 aromatic rings. The highest BCUT2D eigenvalue weighted by atomic mass is 32.2. The van der Waals surface area contributed by atoms with Crippen molar-refractivity contribution in [3.05, 3.63) is 81.6 Å². The summed E-state index contributed by atoms with van der Waals surface area (Å²) in [5.41, 5.74) is 3.22. The number of amides is 2. The van der Waals surface area contributed by atoms with E-state index in [1.165, 1.54) is 12.1 Å². The molecule has 29 heavy (non-hydrogen) atoms. The fourth-order valence-corrected chi connectivity index (χ4v) is 3.92. The van der Waals surface area contributed by atoms with Gasteiger partial charge in [0, 0.05) is 18.9 Å². The molecular formula is C22H20FN3O2S. The molecule has 3 rings (SSSR count). The maximum Gasteiger partial charge on any atom is 0.230 e. The lowest BCUT2D eigenvalue weighted by atomic mass is 9.87. The smallest absolute Gasteiger partial charge is 0.230 e. The Hall–Kier alpha value is -3.11. The zero-order valence-corrected chi connectivity index (χ0v) is 16.7. The largest absolute Gasteiger partial charge is 0.351 e. The number of allylic oxidation sites excluding steroid dienone is 1. The minimum absolute atomic E-state index is 0.0722. The van der Waals surface area contributed by atoms with E-state index in [2.05, 4.69) is 16.7 Å². The Kier molecular flexibility index (Phi) is 6.68. The molecular weight excluding hydrogens is 389 g/mol. The molecule has 2 N–H and O–H groups in total. The van der Waals surface area contributed by atoms with Gasteiger partial charge < -0.3 is 10.6 Å². The molecule has 0 saturated heterocycles. The van der Waals surface area contributed by atoms with E-state index in [0.717, 1.165) is 22.9 Å². The fourth-order valence-electron chi connectivity index (χ4n) is 3.01. The topological polar surface area (TPSA) is 82.0 Å². The molecule has 0 aromatic heterocycles. The maximum atomic E-state index is 13.2. The molecule has 0 unspecified atom stereocenters. The third-order valence-corrected chi connectivity index (χ3v) is 5.60. The molecule has 0 fully saturated rings. The van der Waals surface area contributed by atoms with E-state index in [-0.39, 0.29) is 29.8 Å². The number of carbonyl (C=O) groups excluding carboxylic acids is 2. The summed E-state index contributed by atoms with van der Waals surface area (Å²) in [4.78, 5) is 24.3. The van der Waals surface area contributed by atoms with Gasteiger partial charge in [-0.05, 0) is 30.2 Å². The zero-order chi connectivity index (χ0) is 20.8. The number of nitrogens with one attached hydrogen (secondary N) is 2. The van der Waals surface area contributed by atoms with Crippen LogP contribution in [-0.2, 0) is 16.1 Å². The van der Waals surface area contributed by atoms with Crippen LogP contribution in [0, 0.1) is 24.1 Å². The molecule has 0 aliphatic carbocycles. The predicted molar refractivity (Wildman–Crippen MR) is 110 cm³/mol. The first-order valence-corrected chi connectivity index (χ1v) is 10.1. The number of hydrogen-bond acceptors (Lipinski definition) is 4. The van der Waals surface area contributed by atoms with E-state index in [9.17, 15) is 19.2 Å². The second-order valence-corrected chi connectivity index (χ2v) is 7.75. The standard InChI is InChI=1S/C22H20FN3O2S/c1-14-2-4-15(5-3-14)12-25-21(28)13-29-22-19(11-24)18(10-20(27)26-22)16-6-8-17(23)9-7-16/h2-9,18H,10,12-13H2,1H3,(H,25,28)(H,26,27)/t18-/m0/s1. The van der Waals surface area contributed by atoms with Crippen LogP contribution in [0.3, 0.4) is 0 Å². The van der Waals surface area contributed by atoms with Gasteiger partial charge in [0.1, 0.15) is 5.82 Å². The fraction of sp³-hybridized carbons (Fsp3) is 0.227. The molecule has 2 amide bonds.